The number of halogens is 1. The van der Waals surface area contributed by atoms with Crippen molar-refractivity contribution in [3.05, 3.63) is 34.3 Å². The summed E-state index contributed by atoms with van der Waals surface area (Å²) in [6, 6.07) is 9.29. The Labute approximate surface area is 107 Å². The van der Waals surface area contributed by atoms with E-state index in [0.717, 1.165) is 10.4 Å². The van der Waals surface area contributed by atoms with E-state index in [0.29, 0.717) is 6.04 Å². The van der Waals surface area contributed by atoms with Gasteiger partial charge >= 0.3 is 0 Å². The van der Waals surface area contributed by atoms with E-state index in [2.05, 4.69) is 58.9 Å². The van der Waals surface area contributed by atoms with Gasteiger partial charge in [0.15, 0.2) is 0 Å². The van der Waals surface area contributed by atoms with Crippen molar-refractivity contribution in [2.75, 3.05) is 13.1 Å². The number of likely N-dealkylation sites (tertiary alicyclic amines) is 1. The number of benzene rings is 1. The lowest BCUT2D eigenvalue weighted by atomic mass is 9.92. The Kier molecular flexibility index (Phi) is 4.04. The molecule has 16 heavy (non-hydrogen) atoms. The topological polar surface area (TPSA) is 3.24 Å². The van der Waals surface area contributed by atoms with Crippen LogP contribution in [-0.4, -0.2) is 18.0 Å². The van der Waals surface area contributed by atoms with Crippen LogP contribution in [0.15, 0.2) is 28.7 Å². The molecule has 0 bridgehead atoms. The molecule has 88 valence electrons. The lowest BCUT2D eigenvalue weighted by Crippen LogP contribution is -2.47. The molecule has 0 aromatic heterocycles. The van der Waals surface area contributed by atoms with E-state index in [1.807, 2.05) is 0 Å². The Morgan fingerprint density at radius 2 is 1.94 bits per heavy atom. The van der Waals surface area contributed by atoms with Gasteiger partial charge in [-0.15, -0.1) is 0 Å². The molecular weight excluding hydrogens is 262 g/mol. The Bertz CT molecular complexity index is 327. The molecule has 0 amide bonds. The average Bonchev–Trinajstić information content (AvgIpc) is 2.23. The highest BCUT2D eigenvalue weighted by molar-refractivity contribution is 9.10. The minimum absolute atomic E-state index is 0.571. The van der Waals surface area contributed by atoms with E-state index in [4.69, 9.17) is 0 Å². The predicted molar refractivity (Wildman–Crippen MR) is 72.5 cm³/mol. The lowest BCUT2D eigenvalue weighted by molar-refractivity contribution is 0.0545. The summed E-state index contributed by atoms with van der Waals surface area (Å²) in [5, 5.41) is 0. The summed E-state index contributed by atoms with van der Waals surface area (Å²) in [5.41, 5.74) is 1.43. The normalized spacial score (nSPS) is 19.4. The van der Waals surface area contributed by atoms with Crippen molar-refractivity contribution >= 4 is 15.9 Å². The van der Waals surface area contributed by atoms with Crippen LogP contribution in [0.4, 0.5) is 0 Å². The van der Waals surface area contributed by atoms with Crippen molar-refractivity contribution in [1.29, 1.82) is 0 Å². The highest BCUT2D eigenvalue weighted by Gasteiger charge is 2.29. The molecule has 0 spiro atoms. The Morgan fingerprint density at radius 1 is 1.31 bits per heavy atom. The van der Waals surface area contributed by atoms with Crippen molar-refractivity contribution in [2.45, 2.75) is 32.7 Å². The van der Waals surface area contributed by atoms with Crippen LogP contribution in [0.2, 0.25) is 0 Å². The smallest absolute Gasteiger partial charge is 0.0320 e. The van der Waals surface area contributed by atoms with E-state index < -0.39 is 0 Å². The second-order valence-corrected chi connectivity index (χ2v) is 5.75. The summed E-state index contributed by atoms with van der Waals surface area (Å²) in [6.07, 6.45) is 2.72. The molecule has 0 aliphatic carbocycles. The minimum atomic E-state index is 0.571. The van der Waals surface area contributed by atoms with Gasteiger partial charge in [-0.1, -0.05) is 41.4 Å². The van der Waals surface area contributed by atoms with Crippen LogP contribution in [0.1, 0.15) is 38.3 Å². The number of hydrogen-bond acceptors (Lipinski definition) is 1. The van der Waals surface area contributed by atoms with Gasteiger partial charge in [-0.25, -0.2) is 0 Å². The Hall–Kier alpha value is -0.340. The monoisotopic (exact) mass is 281 g/mol. The van der Waals surface area contributed by atoms with Gasteiger partial charge in [0.1, 0.15) is 0 Å². The van der Waals surface area contributed by atoms with Gasteiger partial charge in [0.05, 0.1) is 0 Å². The third kappa shape index (κ3) is 2.67. The van der Waals surface area contributed by atoms with E-state index in [-0.39, 0.29) is 0 Å². The van der Waals surface area contributed by atoms with Crippen LogP contribution >= 0.6 is 15.9 Å². The fourth-order valence-electron chi connectivity index (χ4n) is 2.47. The molecule has 0 saturated carbocycles. The van der Waals surface area contributed by atoms with E-state index in [1.54, 1.807) is 0 Å². The number of hydrogen-bond donors (Lipinski definition) is 0. The van der Waals surface area contributed by atoms with Gasteiger partial charge in [0, 0.05) is 23.6 Å². The molecule has 1 aliphatic heterocycles. The molecule has 1 fully saturated rings. The summed E-state index contributed by atoms with van der Waals surface area (Å²) in [5.74, 6) is 0.947. The zero-order valence-electron chi connectivity index (χ0n) is 10.1. The van der Waals surface area contributed by atoms with Crippen molar-refractivity contribution in [3.8, 4) is 0 Å². The molecule has 1 unspecified atom stereocenters. The number of nitrogens with zero attached hydrogens (tertiary/aromatic N) is 1. The van der Waals surface area contributed by atoms with E-state index >= 15 is 0 Å². The second kappa shape index (κ2) is 5.33. The maximum absolute atomic E-state index is 3.48. The van der Waals surface area contributed by atoms with Gasteiger partial charge in [-0.3, -0.25) is 4.90 Å². The lowest BCUT2D eigenvalue weighted by Gasteiger charge is -2.43. The Morgan fingerprint density at radius 3 is 2.50 bits per heavy atom. The van der Waals surface area contributed by atoms with E-state index in [9.17, 15) is 0 Å². The van der Waals surface area contributed by atoms with Crippen LogP contribution in [-0.2, 0) is 0 Å². The van der Waals surface area contributed by atoms with Crippen LogP contribution in [0, 0.1) is 5.92 Å². The zero-order chi connectivity index (χ0) is 11.5. The van der Waals surface area contributed by atoms with Gasteiger partial charge in [0.25, 0.3) is 0 Å². The summed E-state index contributed by atoms with van der Waals surface area (Å²) < 4.78 is 1.16. The maximum atomic E-state index is 3.48. The largest absolute Gasteiger partial charge is 0.296 e. The molecule has 2 rings (SSSR count). The summed E-state index contributed by atoms with van der Waals surface area (Å²) >= 11 is 3.48. The first-order chi connectivity index (χ1) is 7.70. The summed E-state index contributed by atoms with van der Waals surface area (Å²) in [4.78, 5) is 2.57. The first kappa shape index (κ1) is 12.1. The average molecular weight is 282 g/mol. The third-order valence-corrected chi connectivity index (χ3v) is 4.11. The van der Waals surface area contributed by atoms with Gasteiger partial charge in [-0.05, 0) is 37.0 Å². The molecule has 1 heterocycles. The maximum Gasteiger partial charge on any atom is 0.0320 e. The Balaban J connectivity index is 1.89. The van der Waals surface area contributed by atoms with Gasteiger partial charge in [0.2, 0.25) is 0 Å². The first-order valence-electron chi connectivity index (χ1n) is 6.20. The molecule has 0 radical (unpaired) electrons. The first-order valence-corrected chi connectivity index (χ1v) is 6.99. The fraction of sp³-hybridized carbons (Fsp3) is 0.571. The van der Waals surface area contributed by atoms with Crippen LogP contribution < -0.4 is 0 Å². The molecule has 1 saturated heterocycles. The van der Waals surface area contributed by atoms with Crippen LogP contribution in [0.3, 0.4) is 0 Å². The summed E-state index contributed by atoms with van der Waals surface area (Å²) in [7, 11) is 0. The molecule has 0 N–H and O–H groups in total. The van der Waals surface area contributed by atoms with Crippen LogP contribution in [0.5, 0.6) is 0 Å². The van der Waals surface area contributed by atoms with Crippen LogP contribution in [0.25, 0.3) is 0 Å². The third-order valence-electron chi connectivity index (χ3n) is 3.58. The molecule has 1 nitrogen and oxygen atoms in total. The molecular formula is C14H20BrN. The zero-order valence-corrected chi connectivity index (χ0v) is 11.7. The van der Waals surface area contributed by atoms with Crippen molar-refractivity contribution in [3.63, 3.8) is 0 Å². The molecule has 2 heteroatoms. The quantitative estimate of drug-likeness (QED) is 0.798. The van der Waals surface area contributed by atoms with E-state index in [1.165, 1.54) is 31.5 Å². The second-order valence-electron chi connectivity index (χ2n) is 4.84. The minimum Gasteiger partial charge on any atom is -0.296 e. The highest BCUT2D eigenvalue weighted by atomic mass is 79.9. The highest BCUT2D eigenvalue weighted by Crippen LogP contribution is 2.30. The standard InChI is InChI=1S/C14H20BrN/c1-3-4-12-9-16(10-12)11(2)13-5-7-14(15)8-6-13/h5-8,11-12H,3-4,9-10H2,1-2H3. The van der Waals surface area contributed by atoms with Crippen molar-refractivity contribution < 1.29 is 0 Å². The fourth-order valence-corrected chi connectivity index (χ4v) is 2.73. The molecule has 1 aromatic carbocycles. The van der Waals surface area contributed by atoms with Gasteiger partial charge < -0.3 is 0 Å². The molecule has 1 aromatic rings. The van der Waals surface area contributed by atoms with Crippen molar-refractivity contribution in [2.24, 2.45) is 5.92 Å². The van der Waals surface area contributed by atoms with Gasteiger partial charge in [-0.2, -0.15) is 0 Å². The molecule has 1 atom stereocenters. The summed E-state index contributed by atoms with van der Waals surface area (Å²) in [6.45, 7) is 7.16. The predicted octanol–water partition coefficient (Wildman–Crippen LogP) is 4.24. The SMILES string of the molecule is CCCC1CN(C(C)c2ccc(Br)cc2)C1. The number of rotatable bonds is 4. The van der Waals surface area contributed by atoms with Crippen molar-refractivity contribution in [1.82, 2.24) is 4.90 Å². The molecule has 1 aliphatic rings.